The number of hydrogen-bond acceptors (Lipinski definition) is 2. The van der Waals surface area contributed by atoms with E-state index in [4.69, 9.17) is 8.83 Å². The topological polar surface area (TPSA) is 26.3 Å². The van der Waals surface area contributed by atoms with E-state index in [9.17, 15) is 0 Å². The lowest BCUT2D eigenvalue weighted by Gasteiger charge is -2.22. The van der Waals surface area contributed by atoms with E-state index in [-0.39, 0.29) is 0 Å². The van der Waals surface area contributed by atoms with Gasteiger partial charge in [-0.05, 0) is 96.4 Å². The highest BCUT2D eigenvalue weighted by atomic mass is 16.3. The zero-order valence-corrected chi connectivity index (χ0v) is 28.1. The van der Waals surface area contributed by atoms with Gasteiger partial charge in [0.1, 0.15) is 22.3 Å². The number of hydrogen-bond donors (Lipinski definition) is 0. The van der Waals surface area contributed by atoms with Crippen LogP contribution >= 0.6 is 0 Å². The van der Waals surface area contributed by atoms with Crippen molar-refractivity contribution < 1.29 is 8.83 Å². The van der Waals surface area contributed by atoms with Crippen molar-refractivity contribution in [3.63, 3.8) is 0 Å². The first-order valence-corrected chi connectivity index (χ1v) is 17.8. The molecule has 0 aliphatic heterocycles. The summed E-state index contributed by atoms with van der Waals surface area (Å²) >= 11 is 0. The molecule has 0 unspecified atom stereocenters. The van der Waals surface area contributed by atoms with Gasteiger partial charge in [0, 0.05) is 16.2 Å². The molecule has 2 heteroatoms. The first-order chi connectivity index (χ1) is 25.8. The Morgan fingerprint density at radius 1 is 0.269 bits per heavy atom. The standard InChI is InChI=1S/C50H30O2/c1-3-14-31(15-4-1)34-23-13-24-35(32-16-5-2-6-17-32)47(34)48-38-20-9-7-18-36(38)46(37-19-8-10-21-39(37)48)33-26-28-44-42(30-33)40-27-29-45-49(50(40)52-44)41-22-11-12-25-43(41)51-45/h1-30H. The summed E-state index contributed by atoms with van der Waals surface area (Å²) in [6.45, 7) is 0. The third kappa shape index (κ3) is 4.25. The highest BCUT2D eigenvalue weighted by molar-refractivity contribution is 6.25. The minimum absolute atomic E-state index is 0.839. The van der Waals surface area contributed by atoms with Crippen molar-refractivity contribution in [2.75, 3.05) is 0 Å². The Hall–Kier alpha value is -6.90. The van der Waals surface area contributed by atoms with Gasteiger partial charge >= 0.3 is 0 Å². The number of benzene rings is 9. The van der Waals surface area contributed by atoms with Gasteiger partial charge < -0.3 is 8.83 Å². The van der Waals surface area contributed by atoms with Crippen LogP contribution in [0.15, 0.2) is 191 Å². The minimum Gasteiger partial charge on any atom is -0.456 e. The summed E-state index contributed by atoms with van der Waals surface area (Å²) in [5.41, 5.74) is 13.1. The summed E-state index contributed by atoms with van der Waals surface area (Å²) in [6.07, 6.45) is 0. The van der Waals surface area contributed by atoms with Crippen molar-refractivity contribution in [2.45, 2.75) is 0 Å². The van der Waals surface area contributed by atoms with Crippen molar-refractivity contribution in [1.82, 2.24) is 0 Å². The Balaban J connectivity index is 1.23. The van der Waals surface area contributed by atoms with Crippen LogP contribution in [0.4, 0.5) is 0 Å². The maximum Gasteiger partial charge on any atom is 0.147 e. The molecule has 2 aromatic heterocycles. The van der Waals surface area contributed by atoms with Gasteiger partial charge in [-0.3, -0.25) is 0 Å². The molecule has 0 radical (unpaired) electrons. The van der Waals surface area contributed by atoms with E-state index in [0.717, 1.165) is 49.4 Å². The molecule has 242 valence electrons. The fraction of sp³-hybridized carbons (Fsp3) is 0. The zero-order valence-electron chi connectivity index (χ0n) is 28.1. The first-order valence-electron chi connectivity index (χ1n) is 17.8. The molecule has 2 heterocycles. The largest absolute Gasteiger partial charge is 0.456 e. The van der Waals surface area contributed by atoms with Crippen LogP contribution in [-0.2, 0) is 0 Å². The first kappa shape index (κ1) is 28.9. The molecule has 0 bridgehead atoms. The molecule has 9 aromatic carbocycles. The Kier molecular flexibility index (Phi) is 6.28. The predicted molar refractivity (Wildman–Crippen MR) is 218 cm³/mol. The zero-order chi connectivity index (χ0) is 34.2. The Morgan fingerprint density at radius 2 is 0.788 bits per heavy atom. The molecule has 52 heavy (non-hydrogen) atoms. The third-order valence-electron chi connectivity index (χ3n) is 10.7. The number of fused-ring (bicyclic) bond motifs is 9. The van der Waals surface area contributed by atoms with Crippen molar-refractivity contribution in [1.29, 1.82) is 0 Å². The van der Waals surface area contributed by atoms with E-state index >= 15 is 0 Å². The van der Waals surface area contributed by atoms with Gasteiger partial charge in [-0.25, -0.2) is 0 Å². The van der Waals surface area contributed by atoms with E-state index in [2.05, 4.69) is 170 Å². The molecule has 0 atom stereocenters. The highest BCUT2D eigenvalue weighted by Gasteiger charge is 2.23. The Labute approximate surface area is 299 Å². The van der Waals surface area contributed by atoms with Gasteiger partial charge in [-0.2, -0.15) is 0 Å². The molecule has 0 saturated heterocycles. The van der Waals surface area contributed by atoms with Crippen LogP contribution in [0.25, 0.3) is 110 Å². The van der Waals surface area contributed by atoms with E-state index < -0.39 is 0 Å². The van der Waals surface area contributed by atoms with Gasteiger partial charge in [-0.1, -0.05) is 152 Å². The number of furan rings is 2. The lowest BCUT2D eigenvalue weighted by atomic mass is 9.81. The van der Waals surface area contributed by atoms with E-state index in [1.54, 1.807) is 0 Å². The van der Waals surface area contributed by atoms with Gasteiger partial charge in [0.05, 0.1) is 5.39 Å². The van der Waals surface area contributed by atoms with Crippen LogP contribution in [-0.4, -0.2) is 0 Å². The van der Waals surface area contributed by atoms with Crippen molar-refractivity contribution in [2.24, 2.45) is 0 Å². The number of rotatable bonds is 4. The van der Waals surface area contributed by atoms with Crippen LogP contribution < -0.4 is 0 Å². The minimum atomic E-state index is 0.839. The molecular weight excluding hydrogens is 633 g/mol. The molecule has 0 aliphatic carbocycles. The lowest BCUT2D eigenvalue weighted by Crippen LogP contribution is -1.95. The molecule has 0 N–H and O–H groups in total. The quantitative estimate of drug-likeness (QED) is 0.175. The average Bonchev–Trinajstić information content (AvgIpc) is 3.78. The van der Waals surface area contributed by atoms with E-state index in [1.165, 1.54) is 60.5 Å². The average molecular weight is 663 g/mol. The molecular formula is C50H30O2. The fourth-order valence-corrected chi connectivity index (χ4v) is 8.45. The van der Waals surface area contributed by atoms with E-state index in [0.29, 0.717) is 0 Å². The van der Waals surface area contributed by atoms with Crippen LogP contribution in [0.2, 0.25) is 0 Å². The molecule has 0 saturated carbocycles. The molecule has 11 aromatic rings. The highest BCUT2D eigenvalue weighted by Crippen LogP contribution is 2.50. The molecule has 2 nitrogen and oxygen atoms in total. The fourth-order valence-electron chi connectivity index (χ4n) is 8.45. The maximum absolute atomic E-state index is 6.63. The van der Waals surface area contributed by atoms with Crippen LogP contribution in [0, 0.1) is 0 Å². The Bertz CT molecular complexity index is 3050. The SMILES string of the molecule is c1ccc(-c2cccc(-c3ccccc3)c2-c2c3ccccc3c(-c3ccc4oc5c(ccc6oc7ccccc7c65)c4c3)c3ccccc23)cc1. The monoisotopic (exact) mass is 662 g/mol. The molecule has 0 amide bonds. The Morgan fingerprint density at radius 3 is 1.42 bits per heavy atom. The van der Waals surface area contributed by atoms with Gasteiger partial charge in [0.2, 0.25) is 0 Å². The molecule has 0 fully saturated rings. The van der Waals surface area contributed by atoms with Gasteiger partial charge in [0.25, 0.3) is 0 Å². The molecule has 0 spiro atoms. The predicted octanol–water partition coefficient (Wildman–Crippen LogP) is 14.5. The van der Waals surface area contributed by atoms with Crippen molar-refractivity contribution in [3.05, 3.63) is 182 Å². The summed E-state index contributed by atoms with van der Waals surface area (Å²) in [7, 11) is 0. The second-order valence-electron chi connectivity index (χ2n) is 13.5. The number of para-hydroxylation sites is 1. The summed E-state index contributed by atoms with van der Waals surface area (Å²) in [6, 6.07) is 65.2. The van der Waals surface area contributed by atoms with Crippen molar-refractivity contribution >= 4 is 65.4 Å². The lowest BCUT2D eigenvalue weighted by molar-refractivity contribution is 0.663. The third-order valence-corrected chi connectivity index (χ3v) is 10.7. The summed E-state index contributed by atoms with van der Waals surface area (Å²) in [5, 5.41) is 9.16. The molecule has 11 rings (SSSR count). The summed E-state index contributed by atoms with van der Waals surface area (Å²) in [5.74, 6) is 0. The molecule has 0 aliphatic rings. The summed E-state index contributed by atoms with van der Waals surface area (Å²) in [4.78, 5) is 0. The van der Waals surface area contributed by atoms with Crippen molar-refractivity contribution in [3.8, 4) is 44.5 Å². The second-order valence-corrected chi connectivity index (χ2v) is 13.5. The van der Waals surface area contributed by atoms with Crippen LogP contribution in [0.3, 0.4) is 0 Å². The smallest absolute Gasteiger partial charge is 0.147 e. The van der Waals surface area contributed by atoms with Crippen LogP contribution in [0.1, 0.15) is 0 Å². The van der Waals surface area contributed by atoms with Crippen LogP contribution in [0.5, 0.6) is 0 Å². The van der Waals surface area contributed by atoms with Gasteiger partial charge in [0.15, 0.2) is 0 Å². The maximum atomic E-state index is 6.63. The second kappa shape index (κ2) is 11.3. The summed E-state index contributed by atoms with van der Waals surface area (Å²) < 4.78 is 12.8. The van der Waals surface area contributed by atoms with Gasteiger partial charge in [-0.15, -0.1) is 0 Å². The van der Waals surface area contributed by atoms with E-state index in [1.807, 2.05) is 12.1 Å². The normalized spacial score (nSPS) is 11.8.